The Morgan fingerprint density at radius 3 is 2.46 bits per heavy atom. The average molecular weight is 182 g/mol. The second kappa shape index (κ2) is 4.43. The van der Waals surface area contributed by atoms with Crippen LogP contribution in [0.1, 0.15) is 44.9 Å². The number of hydrogen-bond acceptors (Lipinski definition) is 2. The molecular formula is C11H22N2. The van der Waals surface area contributed by atoms with E-state index in [9.17, 15) is 0 Å². The third kappa shape index (κ3) is 2.44. The summed E-state index contributed by atoms with van der Waals surface area (Å²) in [5.41, 5.74) is 5.99. The molecule has 2 heteroatoms. The molecule has 2 nitrogen and oxygen atoms in total. The summed E-state index contributed by atoms with van der Waals surface area (Å²) < 4.78 is 0. The number of piperidine rings is 1. The lowest BCUT2D eigenvalue weighted by atomic mass is 9.80. The summed E-state index contributed by atoms with van der Waals surface area (Å²) in [4.78, 5) is 0. The van der Waals surface area contributed by atoms with Crippen LogP contribution in [-0.4, -0.2) is 18.6 Å². The van der Waals surface area contributed by atoms with E-state index < -0.39 is 0 Å². The van der Waals surface area contributed by atoms with Crippen LogP contribution in [0.25, 0.3) is 0 Å². The van der Waals surface area contributed by atoms with Crippen molar-refractivity contribution in [3.05, 3.63) is 0 Å². The summed E-state index contributed by atoms with van der Waals surface area (Å²) in [7, 11) is 0. The van der Waals surface area contributed by atoms with Gasteiger partial charge in [0.25, 0.3) is 0 Å². The molecule has 2 rings (SSSR count). The van der Waals surface area contributed by atoms with Gasteiger partial charge in [0.1, 0.15) is 0 Å². The van der Waals surface area contributed by atoms with Gasteiger partial charge in [-0.2, -0.15) is 0 Å². The van der Waals surface area contributed by atoms with Gasteiger partial charge in [0.15, 0.2) is 0 Å². The minimum atomic E-state index is 0.466. The number of nitrogens with two attached hydrogens (primary N) is 1. The lowest BCUT2D eigenvalue weighted by molar-refractivity contribution is 0.222. The summed E-state index contributed by atoms with van der Waals surface area (Å²) in [6, 6.07) is 1.21. The summed E-state index contributed by atoms with van der Waals surface area (Å²) in [6.45, 7) is 1.14. The Morgan fingerprint density at radius 1 is 1.00 bits per heavy atom. The van der Waals surface area contributed by atoms with E-state index in [-0.39, 0.29) is 0 Å². The molecule has 76 valence electrons. The van der Waals surface area contributed by atoms with Gasteiger partial charge in [0.2, 0.25) is 0 Å². The largest absolute Gasteiger partial charge is 0.328 e. The Kier molecular flexibility index (Phi) is 3.23. The van der Waals surface area contributed by atoms with E-state index in [2.05, 4.69) is 5.32 Å². The van der Waals surface area contributed by atoms with Gasteiger partial charge in [-0.25, -0.2) is 0 Å². The molecule has 0 aromatic carbocycles. The molecule has 0 bridgehead atoms. The first-order chi connectivity index (χ1) is 6.36. The van der Waals surface area contributed by atoms with Crippen molar-refractivity contribution in [2.75, 3.05) is 6.54 Å². The van der Waals surface area contributed by atoms with E-state index in [1.165, 1.54) is 44.9 Å². The number of nitrogens with one attached hydrogen (secondary N) is 1. The molecule has 3 N–H and O–H groups in total. The molecule has 0 amide bonds. The van der Waals surface area contributed by atoms with Gasteiger partial charge in [0.05, 0.1) is 0 Å². The molecule has 0 spiro atoms. The molecule has 1 saturated heterocycles. The van der Waals surface area contributed by atoms with E-state index in [1.807, 2.05) is 0 Å². The van der Waals surface area contributed by atoms with Crippen molar-refractivity contribution in [1.29, 1.82) is 0 Å². The van der Waals surface area contributed by atoms with Gasteiger partial charge in [-0.3, -0.25) is 0 Å². The fourth-order valence-electron chi connectivity index (χ4n) is 2.88. The van der Waals surface area contributed by atoms with E-state index in [0.717, 1.165) is 18.5 Å². The Balaban J connectivity index is 1.83. The van der Waals surface area contributed by atoms with Crippen LogP contribution >= 0.6 is 0 Å². The van der Waals surface area contributed by atoms with Crippen molar-refractivity contribution in [2.45, 2.75) is 57.0 Å². The summed E-state index contributed by atoms with van der Waals surface area (Å²) in [5.74, 6) is 0.931. The van der Waals surface area contributed by atoms with Crippen molar-refractivity contribution < 1.29 is 0 Å². The monoisotopic (exact) mass is 182 g/mol. The molecule has 1 aliphatic heterocycles. The lowest BCUT2D eigenvalue weighted by Crippen LogP contribution is -2.47. The highest BCUT2D eigenvalue weighted by atomic mass is 14.9. The average Bonchev–Trinajstić information content (AvgIpc) is 2.19. The zero-order valence-electron chi connectivity index (χ0n) is 8.47. The fraction of sp³-hybridized carbons (Fsp3) is 1.00. The van der Waals surface area contributed by atoms with Gasteiger partial charge in [-0.05, 0) is 38.1 Å². The van der Waals surface area contributed by atoms with Crippen molar-refractivity contribution in [3.8, 4) is 0 Å². The SMILES string of the molecule is N[C@H]1CCN[C@H](C2CCCCC2)C1. The van der Waals surface area contributed by atoms with Gasteiger partial charge in [0, 0.05) is 12.1 Å². The van der Waals surface area contributed by atoms with Crippen LogP contribution in [0.3, 0.4) is 0 Å². The molecule has 2 fully saturated rings. The van der Waals surface area contributed by atoms with Crippen LogP contribution < -0.4 is 11.1 Å². The van der Waals surface area contributed by atoms with Gasteiger partial charge < -0.3 is 11.1 Å². The van der Waals surface area contributed by atoms with Crippen LogP contribution in [0, 0.1) is 5.92 Å². The quantitative estimate of drug-likeness (QED) is 0.647. The van der Waals surface area contributed by atoms with Crippen LogP contribution in [0.2, 0.25) is 0 Å². The Morgan fingerprint density at radius 2 is 1.77 bits per heavy atom. The smallest absolute Gasteiger partial charge is 0.0110 e. The first kappa shape index (κ1) is 9.47. The second-order valence-electron chi connectivity index (χ2n) is 4.74. The maximum Gasteiger partial charge on any atom is 0.0110 e. The van der Waals surface area contributed by atoms with Crippen LogP contribution in [-0.2, 0) is 0 Å². The molecule has 2 atom stereocenters. The number of rotatable bonds is 1. The maximum atomic E-state index is 5.99. The molecule has 1 aliphatic carbocycles. The highest BCUT2D eigenvalue weighted by Crippen LogP contribution is 2.29. The summed E-state index contributed by atoms with van der Waals surface area (Å²) in [6.07, 6.45) is 9.59. The van der Waals surface area contributed by atoms with Crippen molar-refractivity contribution >= 4 is 0 Å². The van der Waals surface area contributed by atoms with Crippen molar-refractivity contribution in [2.24, 2.45) is 11.7 Å². The molecule has 1 heterocycles. The van der Waals surface area contributed by atoms with E-state index in [4.69, 9.17) is 5.73 Å². The Hall–Kier alpha value is -0.0800. The topological polar surface area (TPSA) is 38.0 Å². The summed E-state index contributed by atoms with van der Waals surface area (Å²) >= 11 is 0. The molecule has 2 aliphatic rings. The maximum absolute atomic E-state index is 5.99. The molecular weight excluding hydrogens is 160 g/mol. The van der Waals surface area contributed by atoms with E-state index in [0.29, 0.717) is 6.04 Å². The minimum absolute atomic E-state index is 0.466. The highest BCUT2D eigenvalue weighted by molar-refractivity contribution is 4.86. The third-order valence-corrected chi connectivity index (χ3v) is 3.70. The predicted molar refractivity (Wildman–Crippen MR) is 55.6 cm³/mol. The molecule has 0 aromatic heterocycles. The lowest BCUT2D eigenvalue weighted by Gasteiger charge is -2.36. The normalized spacial score (nSPS) is 37.6. The van der Waals surface area contributed by atoms with Crippen LogP contribution in [0.15, 0.2) is 0 Å². The Bertz CT molecular complexity index is 152. The highest BCUT2D eigenvalue weighted by Gasteiger charge is 2.27. The molecule has 13 heavy (non-hydrogen) atoms. The first-order valence-electron chi connectivity index (χ1n) is 5.85. The third-order valence-electron chi connectivity index (χ3n) is 3.70. The van der Waals surface area contributed by atoms with Crippen LogP contribution in [0.5, 0.6) is 0 Å². The zero-order valence-corrected chi connectivity index (χ0v) is 8.47. The second-order valence-corrected chi connectivity index (χ2v) is 4.74. The molecule has 1 saturated carbocycles. The Labute approximate surface area is 81.3 Å². The zero-order chi connectivity index (χ0) is 9.10. The standard InChI is InChI=1S/C11H22N2/c12-10-6-7-13-11(8-10)9-4-2-1-3-5-9/h9-11,13H,1-8,12H2/t10-,11-/m0/s1. The molecule has 0 radical (unpaired) electrons. The predicted octanol–water partition coefficient (Wildman–Crippen LogP) is 1.65. The van der Waals surface area contributed by atoms with E-state index >= 15 is 0 Å². The molecule has 0 aromatic rings. The summed E-state index contributed by atoms with van der Waals surface area (Å²) in [5, 5.41) is 3.64. The fourth-order valence-corrected chi connectivity index (χ4v) is 2.88. The van der Waals surface area contributed by atoms with Crippen molar-refractivity contribution in [3.63, 3.8) is 0 Å². The van der Waals surface area contributed by atoms with Crippen LogP contribution in [0.4, 0.5) is 0 Å². The van der Waals surface area contributed by atoms with Crippen molar-refractivity contribution in [1.82, 2.24) is 5.32 Å². The van der Waals surface area contributed by atoms with Gasteiger partial charge >= 0.3 is 0 Å². The first-order valence-corrected chi connectivity index (χ1v) is 5.85. The van der Waals surface area contributed by atoms with E-state index in [1.54, 1.807) is 0 Å². The van der Waals surface area contributed by atoms with Gasteiger partial charge in [-0.15, -0.1) is 0 Å². The minimum Gasteiger partial charge on any atom is -0.328 e. The van der Waals surface area contributed by atoms with Gasteiger partial charge in [-0.1, -0.05) is 19.3 Å². The number of hydrogen-bond donors (Lipinski definition) is 2. The molecule has 0 unspecified atom stereocenters.